The van der Waals surface area contributed by atoms with Crippen LogP contribution in [0, 0.1) is 11.6 Å². The maximum atomic E-state index is 13.8. The number of carbonyl (C=O) groups is 1. The Balaban J connectivity index is 1.47. The number of rotatable bonds is 4. The molecular formula is C22H24ClF2N5O. The molecule has 1 heterocycles. The predicted molar refractivity (Wildman–Crippen MR) is 116 cm³/mol. The number of benzene rings is 2. The van der Waals surface area contributed by atoms with E-state index in [0.717, 1.165) is 37.3 Å². The number of guanidine groups is 1. The predicted octanol–water partition coefficient (Wildman–Crippen LogP) is 3.80. The van der Waals surface area contributed by atoms with E-state index in [1.165, 1.54) is 24.3 Å². The summed E-state index contributed by atoms with van der Waals surface area (Å²) in [5.41, 5.74) is 7.36. The molecule has 31 heavy (non-hydrogen) atoms. The van der Waals surface area contributed by atoms with Gasteiger partial charge in [0.05, 0.1) is 5.02 Å². The summed E-state index contributed by atoms with van der Waals surface area (Å²) in [6.45, 7) is 0. The molecule has 0 radical (unpaired) electrons. The van der Waals surface area contributed by atoms with Gasteiger partial charge in [0.2, 0.25) is 0 Å². The van der Waals surface area contributed by atoms with Gasteiger partial charge in [0.25, 0.3) is 5.91 Å². The van der Waals surface area contributed by atoms with Crippen molar-refractivity contribution in [2.45, 2.75) is 50.4 Å². The Morgan fingerprint density at radius 2 is 1.81 bits per heavy atom. The summed E-state index contributed by atoms with van der Waals surface area (Å²) in [6.07, 6.45) is 4.56. The first-order valence-electron chi connectivity index (χ1n) is 10.3. The van der Waals surface area contributed by atoms with Gasteiger partial charge in [-0.15, -0.1) is 0 Å². The van der Waals surface area contributed by atoms with Crippen LogP contribution < -0.4 is 21.5 Å². The van der Waals surface area contributed by atoms with Gasteiger partial charge >= 0.3 is 0 Å². The smallest absolute Gasteiger partial charge is 0.258 e. The van der Waals surface area contributed by atoms with Crippen LogP contribution in [-0.4, -0.2) is 24.1 Å². The number of aliphatic imine (C=N–C) groups is 1. The van der Waals surface area contributed by atoms with Crippen LogP contribution in [0.5, 0.6) is 0 Å². The fourth-order valence-electron chi connectivity index (χ4n) is 3.88. The van der Waals surface area contributed by atoms with E-state index in [9.17, 15) is 13.6 Å². The standard InChI is InChI=1S/C22H24ClF2N5O/c23-17-10-7-14(11-18(17)25)21(31)28-22(26-16-3-1-2-4-16)27-20-12-19(29-30-20)13-5-8-15(24)9-6-13/h5-11,16,19-20,29-30H,1-4,12H2,(H2,26,27,28,31). The van der Waals surface area contributed by atoms with Crippen molar-refractivity contribution in [3.63, 3.8) is 0 Å². The molecule has 4 N–H and O–H groups in total. The Hall–Kier alpha value is -2.55. The highest BCUT2D eigenvalue weighted by Gasteiger charge is 2.26. The summed E-state index contributed by atoms with van der Waals surface area (Å²) in [4.78, 5) is 17.3. The largest absolute Gasteiger partial charge is 0.353 e. The van der Waals surface area contributed by atoms with Crippen LogP contribution in [0.1, 0.15) is 54.1 Å². The molecule has 1 saturated carbocycles. The quantitative estimate of drug-likeness (QED) is 0.424. The van der Waals surface area contributed by atoms with E-state index in [-0.39, 0.29) is 34.7 Å². The Bertz CT molecular complexity index is 963. The molecule has 1 aliphatic carbocycles. The number of halogens is 3. The molecule has 1 aliphatic heterocycles. The van der Waals surface area contributed by atoms with Crippen molar-refractivity contribution in [2.24, 2.45) is 4.99 Å². The molecule has 0 aromatic heterocycles. The minimum atomic E-state index is -0.652. The van der Waals surface area contributed by atoms with Crippen molar-refractivity contribution in [1.29, 1.82) is 0 Å². The molecule has 0 spiro atoms. The van der Waals surface area contributed by atoms with Gasteiger partial charge in [-0.2, -0.15) is 0 Å². The average molecular weight is 448 g/mol. The lowest BCUT2D eigenvalue weighted by atomic mass is 10.0. The summed E-state index contributed by atoms with van der Waals surface area (Å²) < 4.78 is 26.9. The van der Waals surface area contributed by atoms with Crippen molar-refractivity contribution in [3.05, 3.63) is 70.2 Å². The normalized spacial score (nSPS) is 22.0. The molecule has 1 amide bonds. The fourth-order valence-corrected chi connectivity index (χ4v) is 4.00. The number of amides is 1. The third-order valence-electron chi connectivity index (χ3n) is 5.55. The van der Waals surface area contributed by atoms with Gasteiger partial charge < -0.3 is 5.32 Å². The van der Waals surface area contributed by atoms with Crippen LogP contribution in [0.4, 0.5) is 8.78 Å². The zero-order valence-electron chi connectivity index (χ0n) is 16.8. The van der Waals surface area contributed by atoms with E-state index in [1.54, 1.807) is 12.1 Å². The van der Waals surface area contributed by atoms with Crippen LogP contribution in [0.2, 0.25) is 5.02 Å². The minimum absolute atomic E-state index is 0.0388. The van der Waals surface area contributed by atoms with E-state index >= 15 is 0 Å². The van der Waals surface area contributed by atoms with Crippen molar-refractivity contribution in [2.75, 3.05) is 0 Å². The minimum Gasteiger partial charge on any atom is -0.353 e. The first-order valence-corrected chi connectivity index (χ1v) is 10.7. The van der Waals surface area contributed by atoms with Crippen molar-refractivity contribution in [1.82, 2.24) is 21.5 Å². The molecule has 2 fully saturated rings. The third kappa shape index (κ3) is 5.58. The van der Waals surface area contributed by atoms with Gasteiger partial charge in [0.15, 0.2) is 5.96 Å². The molecular weight excluding hydrogens is 424 g/mol. The summed E-state index contributed by atoms with van der Waals surface area (Å²) in [6, 6.07) is 10.4. The van der Waals surface area contributed by atoms with E-state index in [4.69, 9.17) is 11.6 Å². The first kappa shape index (κ1) is 21.7. The number of nitrogens with zero attached hydrogens (tertiary/aromatic N) is 1. The Kier molecular flexibility index (Phi) is 6.80. The van der Waals surface area contributed by atoms with Gasteiger partial charge in [0.1, 0.15) is 17.8 Å². The van der Waals surface area contributed by atoms with Crippen molar-refractivity contribution in [3.8, 4) is 0 Å². The number of hydrazine groups is 1. The molecule has 2 aromatic carbocycles. The number of nitrogens with one attached hydrogen (secondary N) is 4. The molecule has 9 heteroatoms. The first-order chi connectivity index (χ1) is 15.0. The van der Waals surface area contributed by atoms with Crippen LogP contribution >= 0.6 is 11.6 Å². The van der Waals surface area contributed by atoms with Gasteiger partial charge in [-0.1, -0.05) is 36.6 Å². The van der Waals surface area contributed by atoms with Crippen LogP contribution in [0.25, 0.3) is 0 Å². The van der Waals surface area contributed by atoms with Gasteiger partial charge in [-0.05, 0) is 48.7 Å². The van der Waals surface area contributed by atoms with Crippen LogP contribution in [0.3, 0.4) is 0 Å². The third-order valence-corrected chi connectivity index (χ3v) is 5.86. The lowest BCUT2D eigenvalue weighted by Crippen LogP contribution is -2.46. The second-order valence-electron chi connectivity index (χ2n) is 7.83. The monoisotopic (exact) mass is 447 g/mol. The number of hydrogen-bond donors (Lipinski definition) is 4. The van der Waals surface area contributed by atoms with Crippen molar-refractivity contribution >= 4 is 23.5 Å². The lowest BCUT2D eigenvalue weighted by molar-refractivity contribution is 0.0975. The number of carbonyl (C=O) groups excluding carboxylic acids is 1. The maximum Gasteiger partial charge on any atom is 0.258 e. The molecule has 2 aromatic rings. The Morgan fingerprint density at radius 3 is 2.52 bits per heavy atom. The SMILES string of the molecule is O=C(NC(=NC1CC(c2ccc(F)cc2)NN1)NC1CCCC1)c1ccc(Cl)c(F)c1. The van der Waals surface area contributed by atoms with Gasteiger partial charge in [-0.25, -0.2) is 24.6 Å². The molecule has 2 atom stereocenters. The molecule has 2 aliphatic rings. The maximum absolute atomic E-state index is 13.8. The van der Waals surface area contributed by atoms with E-state index < -0.39 is 11.7 Å². The highest BCUT2D eigenvalue weighted by molar-refractivity contribution is 6.30. The van der Waals surface area contributed by atoms with Gasteiger partial charge in [0, 0.05) is 24.1 Å². The highest BCUT2D eigenvalue weighted by atomic mass is 35.5. The zero-order valence-corrected chi connectivity index (χ0v) is 17.6. The fraction of sp³-hybridized carbons (Fsp3) is 0.364. The molecule has 1 saturated heterocycles. The lowest BCUT2D eigenvalue weighted by Gasteiger charge is -2.18. The van der Waals surface area contributed by atoms with Crippen LogP contribution in [-0.2, 0) is 0 Å². The summed E-state index contributed by atoms with van der Waals surface area (Å²) >= 11 is 5.71. The highest BCUT2D eigenvalue weighted by Crippen LogP contribution is 2.23. The Labute approximate surface area is 184 Å². The second-order valence-corrected chi connectivity index (χ2v) is 8.24. The summed E-state index contributed by atoms with van der Waals surface area (Å²) in [5, 5.41) is 6.04. The molecule has 164 valence electrons. The second kappa shape index (κ2) is 9.72. The van der Waals surface area contributed by atoms with E-state index in [2.05, 4.69) is 26.5 Å². The average Bonchev–Trinajstić information content (AvgIpc) is 3.43. The topological polar surface area (TPSA) is 77.5 Å². The molecule has 6 nitrogen and oxygen atoms in total. The van der Waals surface area contributed by atoms with Gasteiger partial charge in [-0.3, -0.25) is 10.1 Å². The Morgan fingerprint density at radius 1 is 1.06 bits per heavy atom. The van der Waals surface area contributed by atoms with Crippen LogP contribution in [0.15, 0.2) is 47.5 Å². The summed E-state index contributed by atoms with van der Waals surface area (Å²) in [5.74, 6) is -1.07. The van der Waals surface area contributed by atoms with E-state index in [0.29, 0.717) is 12.4 Å². The number of hydrogen-bond acceptors (Lipinski definition) is 4. The molecule has 4 rings (SSSR count). The van der Waals surface area contributed by atoms with E-state index in [1.807, 2.05) is 0 Å². The molecule has 2 unspecified atom stereocenters. The zero-order chi connectivity index (χ0) is 21.8. The van der Waals surface area contributed by atoms with Crippen molar-refractivity contribution < 1.29 is 13.6 Å². The molecule has 0 bridgehead atoms. The summed E-state index contributed by atoms with van der Waals surface area (Å²) in [7, 11) is 0.